The molecule has 0 aliphatic carbocycles. The number of rotatable bonds is 8. The van der Waals surface area contributed by atoms with Crippen molar-refractivity contribution in [3.8, 4) is 0 Å². The van der Waals surface area contributed by atoms with E-state index < -0.39 is 18.8 Å². The van der Waals surface area contributed by atoms with E-state index in [0.29, 0.717) is 12.1 Å². The number of ether oxygens (including phenoxy) is 1. The van der Waals surface area contributed by atoms with Gasteiger partial charge in [-0.15, -0.1) is 0 Å². The molecule has 0 atom stereocenters. The van der Waals surface area contributed by atoms with Gasteiger partial charge in [0.15, 0.2) is 0 Å². The summed E-state index contributed by atoms with van der Waals surface area (Å²) in [5.74, 6) is -0.427. The van der Waals surface area contributed by atoms with Crippen molar-refractivity contribution < 1.29 is 17.9 Å². The Kier molecular flexibility index (Phi) is 6.75. The fraction of sp³-hybridized carbons (Fsp3) is 0.538. The molecule has 0 spiro atoms. The third-order valence-corrected chi connectivity index (χ3v) is 2.37. The number of hydrogen-bond acceptors (Lipinski definition) is 2. The highest BCUT2D eigenvalue weighted by molar-refractivity contribution is 5.24. The van der Waals surface area contributed by atoms with E-state index in [2.05, 4.69) is 12.2 Å². The maximum absolute atomic E-state index is 13.4. The lowest BCUT2D eigenvalue weighted by molar-refractivity contribution is 0.00900. The third-order valence-electron chi connectivity index (χ3n) is 2.37. The molecule has 0 radical (unpaired) electrons. The van der Waals surface area contributed by atoms with Gasteiger partial charge in [-0.25, -0.2) is 13.2 Å². The Morgan fingerprint density at radius 3 is 2.78 bits per heavy atom. The maximum atomic E-state index is 13.4. The highest BCUT2D eigenvalue weighted by atomic mass is 19.3. The van der Waals surface area contributed by atoms with Crippen LogP contribution in [0.5, 0.6) is 0 Å². The number of hydrogen-bond donors (Lipinski definition) is 1. The Hall–Kier alpha value is -1.07. The lowest BCUT2D eigenvalue weighted by Gasteiger charge is -2.08. The van der Waals surface area contributed by atoms with Crippen LogP contribution in [0.4, 0.5) is 13.2 Å². The first-order valence-electron chi connectivity index (χ1n) is 5.97. The van der Waals surface area contributed by atoms with E-state index in [1.807, 2.05) is 0 Å². The summed E-state index contributed by atoms with van der Waals surface area (Å²) in [5.41, 5.74) is 1.23. The summed E-state index contributed by atoms with van der Waals surface area (Å²) in [6.45, 7) is 2.78. The average molecular weight is 261 g/mol. The number of benzene rings is 1. The van der Waals surface area contributed by atoms with Crippen LogP contribution in [-0.2, 0) is 17.9 Å². The van der Waals surface area contributed by atoms with Crippen molar-refractivity contribution in [1.82, 2.24) is 5.32 Å². The third kappa shape index (κ3) is 5.51. The first-order valence-corrected chi connectivity index (χ1v) is 5.97. The molecular formula is C13H18F3NO. The van der Waals surface area contributed by atoms with Crippen LogP contribution in [0.1, 0.15) is 24.5 Å². The molecule has 0 heterocycles. The van der Waals surface area contributed by atoms with Crippen molar-refractivity contribution in [2.24, 2.45) is 0 Å². The van der Waals surface area contributed by atoms with E-state index in [-0.39, 0.29) is 6.61 Å². The zero-order chi connectivity index (χ0) is 13.4. The second kappa shape index (κ2) is 8.11. The van der Waals surface area contributed by atoms with Crippen molar-refractivity contribution in [3.05, 3.63) is 35.1 Å². The van der Waals surface area contributed by atoms with Gasteiger partial charge in [0.1, 0.15) is 12.4 Å². The molecule has 0 amide bonds. The molecule has 0 saturated heterocycles. The van der Waals surface area contributed by atoms with Crippen molar-refractivity contribution in [2.75, 3.05) is 13.2 Å². The van der Waals surface area contributed by atoms with Gasteiger partial charge in [-0.3, -0.25) is 0 Å². The number of halogens is 3. The minimum absolute atomic E-state index is 0.127. The van der Waals surface area contributed by atoms with Gasteiger partial charge in [0, 0.05) is 12.1 Å². The second-order valence-electron chi connectivity index (χ2n) is 4.01. The maximum Gasteiger partial charge on any atom is 0.261 e. The lowest BCUT2D eigenvalue weighted by atomic mass is 10.1. The van der Waals surface area contributed by atoms with Gasteiger partial charge in [-0.05, 0) is 30.7 Å². The Morgan fingerprint density at radius 1 is 1.33 bits per heavy atom. The summed E-state index contributed by atoms with van der Waals surface area (Å²) in [4.78, 5) is 0. The van der Waals surface area contributed by atoms with E-state index in [1.165, 1.54) is 6.07 Å². The first-order chi connectivity index (χ1) is 8.63. The predicted molar refractivity (Wildman–Crippen MR) is 64.1 cm³/mol. The largest absolute Gasteiger partial charge is 0.371 e. The summed E-state index contributed by atoms with van der Waals surface area (Å²) in [6, 6.07) is 4.65. The molecule has 0 saturated carbocycles. The van der Waals surface area contributed by atoms with Gasteiger partial charge in [0.05, 0.1) is 6.61 Å². The van der Waals surface area contributed by atoms with Crippen LogP contribution in [0.2, 0.25) is 0 Å². The van der Waals surface area contributed by atoms with Gasteiger partial charge in [-0.2, -0.15) is 0 Å². The summed E-state index contributed by atoms with van der Waals surface area (Å²) in [7, 11) is 0. The average Bonchev–Trinajstić information content (AvgIpc) is 2.33. The molecule has 1 rings (SSSR count). The Bertz CT molecular complexity index is 358. The first kappa shape index (κ1) is 15.0. The Balaban J connectivity index is 2.52. The lowest BCUT2D eigenvalue weighted by Crippen LogP contribution is -2.14. The van der Waals surface area contributed by atoms with E-state index in [9.17, 15) is 13.2 Å². The van der Waals surface area contributed by atoms with Crippen molar-refractivity contribution in [2.45, 2.75) is 32.9 Å². The highest BCUT2D eigenvalue weighted by Crippen LogP contribution is 2.12. The van der Waals surface area contributed by atoms with Gasteiger partial charge >= 0.3 is 0 Å². The molecule has 102 valence electrons. The molecule has 2 nitrogen and oxygen atoms in total. The standard InChI is InChI=1S/C13H18F3NO/c1-2-5-17-7-10-3-4-12(14)11(6-10)8-18-9-13(15)16/h3-4,6,13,17H,2,5,7-9H2,1H3. The van der Waals surface area contributed by atoms with Gasteiger partial charge < -0.3 is 10.1 Å². The predicted octanol–water partition coefficient (Wildman–Crippen LogP) is 3.11. The zero-order valence-electron chi connectivity index (χ0n) is 10.4. The summed E-state index contributed by atoms with van der Waals surface area (Å²) < 4.78 is 41.9. The molecule has 1 N–H and O–H groups in total. The van der Waals surface area contributed by atoms with Crippen LogP contribution in [-0.4, -0.2) is 19.6 Å². The van der Waals surface area contributed by atoms with Crippen LogP contribution in [0.25, 0.3) is 0 Å². The minimum Gasteiger partial charge on any atom is -0.371 e. The molecule has 0 fully saturated rings. The Morgan fingerprint density at radius 2 is 2.11 bits per heavy atom. The SMILES string of the molecule is CCCNCc1ccc(F)c(COCC(F)F)c1. The van der Waals surface area contributed by atoms with E-state index in [0.717, 1.165) is 18.5 Å². The van der Waals surface area contributed by atoms with Crippen LogP contribution in [0.15, 0.2) is 18.2 Å². The van der Waals surface area contributed by atoms with Gasteiger partial charge in [0.25, 0.3) is 6.43 Å². The van der Waals surface area contributed by atoms with Crippen LogP contribution < -0.4 is 5.32 Å². The van der Waals surface area contributed by atoms with Crippen molar-refractivity contribution >= 4 is 0 Å². The quantitative estimate of drug-likeness (QED) is 0.726. The van der Waals surface area contributed by atoms with Crippen LogP contribution in [0.3, 0.4) is 0 Å². The van der Waals surface area contributed by atoms with E-state index in [1.54, 1.807) is 12.1 Å². The molecular weight excluding hydrogens is 243 g/mol. The summed E-state index contributed by atoms with van der Waals surface area (Å²) in [5, 5.41) is 3.19. The fourth-order valence-electron chi connectivity index (χ4n) is 1.52. The van der Waals surface area contributed by atoms with E-state index in [4.69, 9.17) is 4.74 Å². The minimum atomic E-state index is -2.53. The molecule has 1 aromatic rings. The molecule has 18 heavy (non-hydrogen) atoms. The molecule has 0 aliphatic heterocycles. The number of alkyl halides is 2. The summed E-state index contributed by atoms with van der Waals surface area (Å²) >= 11 is 0. The van der Waals surface area contributed by atoms with Crippen LogP contribution in [0, 0.1) is 5.82 Å². The number of nitrogens with one attached hydrogen (secondary N) is 1. The monoisotopic (exact) mass is 261 g/mol. The second-order valence-corrected chi connectivity index (χ2v) is 4.01. The van der Waals surface area contributed by atoms with Gasteiger partial charge in [-0.1, -0.05) is 13.0 Å². The molecule has 1 aromatic carbocycles. The molecule has 0 unspecified atom stereocenters. The summed E-state index contributed by atoms with van der Waals surface area (Å²) in [6.07, 6.45) is -1.51. The smallest absolute Gasteiger partial charge is 0.261 e. The topological polar surface area (TPSA) is 21.3 Å². The molecule has 5 heteroatoms. The highest BCUT2D eigenvalue weighted by Gasteiger charge is 2.06. The van der Waals surface area contributed by atoms with Crippen molar-refractivity contribution in [1.29, 1.82) is 0 Å². The van der Waals surface area contributed by atoms with E-state index >= 15 is 0 Å². The molecule has 0 aliphatic rings. The Labute approximate surface area is 105 Å². The molecule has 0 aromatic heterocycles. The van der Waals surface area contributed by atoms with Gasteiger partial charge in [0.2, 0.25) is 0 Å². The zero-order valence-corrected chi connectivity index (χ0v) is 10.4. The fourth-order valence-corrected chi connectivity index (χ4v) is 1.52. The molecule has 0 bridgehead atoms. The normalized spacial score (nSPS) is 11.2. The van der Waals surface area contributed by atoms with Crippen molar-refractivity contribution in [3.63, 3.8) is 0 Å². The van der Waals surface area contributed by atoms with Crippen LogP contribution >= 0.6 is 0 Å².